The van der Waals surface area contributed by atoms with Crippen LogP contribution in [0.2, 0.25) is 0 Å². The lowest BCUT2D eigenvalue weighted by Gasteiger charge is -2.34. The molecule has 174 valence electrons. The molecule has 4 rings (SSSR count). The molecule has 0 saturated carbocycles. The summed E-state index contributed by atoms with van der Waals surface area (Å²) in [5.41, 5.74) is 3.27. The standard InChI is InChI=1S/C24H36N6O2/c1-24(2,3)32-23(31)29-13-10-18(11-14-29)16-30-20(15-26-27-30)17-28(4)21-9-5-7-19-8-6-12-25-22(19)21/h6,8,12,15,18,21H,5,7,9-11,13-14,16-17H2,1-4H3. The van der Waals surface area contributed by atoms with Crippen molar-refractivity contribution in [2.45, 2.75) is 77.6 Å². The Morgan fingerprint density at radius 2 is 2.03 bits per heavy atom. The fraction of sp³-hybridized carbons (Fsp3) is 0.667. The van der Waals surface area contributed by atoms with Gasteiger partial charge in [0, 0.05) is 32.4 Å². The van der Waals surface area contributed by atoms with Crippen molar-refractivity contribution in [3.05, 3.63) is 41.5 Å². The Kier molecular flexibility index (Phi) is 6.79. The molecule has 2 aromatic rings. The van der Waals surface area contributed by atoms with Crippen LogP contribution < -0.4 is 0 Å². The van der Waals surface area contributed by atoms with E-state index >= 15 is 0 Å². The Morgan fingerprint density at radius 3 is 2.78 bits per heavy atom. The predicted molar refractivity (Wildman–Crippen MR) is 122 cm³/mol. The molecule has 0 radical (unpaired) electrons. The molecule has 1 amide bonds. The van der Waals surface area contributed by atoms with E-state index in [9.17, 15) is 4.79 Å². The van der Waals surface area contributed by atoms with Crippen LogP contribution in [-0.4, -0.2) is 61.6 Å². The van der Waals surface area contributed by atoms with Gasteiger partial charge in [-0.2, -0.15) is 0 Å². The fourth-order valence-electron chi connectivity index (χ4n) is 4.80. The third-order valence-corrected chi connectivity index (χ3v) is 6.50. The van der Waals surface area contributed by atoms with Gasteiger partial charge in [0.1, 0.15) is 5.60 Å². The highest BCUT2D eigenvalue weighted by atomic mass is 16.6. The molecule has 0 N–H and O–H groups in total. The third kappa shape index (κ3) is 5.46. The molecule has 1 unspecified atom stereocenters. The molecule has 2 aliphatic rings. The monoisotopic (exact) mass is 440 g/mol. The summed E-state index contributed by atoms with van der Waals surface area (Å²) in [5, 5.41) is 8.57. The van der Waals surface area contributed by atoms with Gasteiger partial charge in [-0.25, -0.2) is 9.48 Å². The molecule has 8 nitrogen and oxygen atoms in total. The van der Waals surface area contributed by atoms with Crippen molar-refractivity contribution in [2.75, 3.05) is 20.1 Å². The number of carbonyl (C=O) groups is 1. The van der Waals surface area contributed by atoms with Crippen LogP contribution in [0, 0.1) is 5.92 Å². The number of amides is 1. The van der Waals surface area contributed by atoms with Crippen molar-refractivity contribution >= 4 is 6.09 Å². The van der Waals surface area contributed by atoms with Gasteiger partial charge >= 0.3 is 6.09 Å². The Morgan fingerprint density at radius 1 is 1.25 bits per heavy atom. The van der Waals surface area contributed by atoms with Gasteiger partial charge in [-0.3, -0.25) is 9.88 Å². The lowest BCUT2D eigenvalue weighted by molar-refractivity contribution is 0.0176. The first-order valence-electron chi connectivity index (χ1n) is 11.8. The number of nitrogens with zero attached hydrogens (tertiary/aromatic N) is 6. The zero-order valence-electron chi connectivity index (χ0n) is 19.8. The minimum absolute atomic E-state index is 0.208. The quantitative estimate of drug-likeness (QED) is 0.703. The minimum atomic E-state index is -0.454. The number of aryl methyl sites for hydroxylation is 1. The number of hydrogen-bond donors (Lipinski definition) is 0. The maximum Gasteiger partial charge on any atom is 0.410 e. The van der Waals surface area contributed by atoms with Gasteiger partial charge in [0.2, 0.25) is 0 Å². The Bertz CT molecular complexity index is 913. The highest BCUT2D eigenvalue weighted by molar-refractivity contribution is 5.68. The van der Waals surface area contributed by atoms with E-state index in [4.69, 9.17) is 4.74 Å². The number of aromatic nitrogens is 4. The van der Waals surface area contributed by atoms with Gasteiger partial charge in [-0.05, 0) is 77.5 Å². The van der Waals surface area contributed by atoms with Crippen molar-refractivity contribution in [1.29, 1.82) is 0 Å². The molecular formula is C24H36N6O2. The van der Waals surface area contributed by atoms with Gasteiger partial charge in [-0.15, -0.1) is 5.10 Å². The number of fused-ring (bicyclic) bond motifs is 1. The lowest BCUT2D eigenvalue weighted by Crippen LogP contribution is -2.42. The van der Waals surface area contributed by atoms with E-state index in [0.29, 0.717) is 12.0 Å². The third-order valence-electron chi connectivity index (χ3n) is 6.50. The smallest absolute Gasteiger partial charge is 0.410 e. The number of pyridine rings is 1. The molecule has 32 heavy (non-hydrogen) atoms. The molecule has 0 bridgehead atoms. The molecule has 0 spiro atoms. The van der Waals surface area contributed by atoms with E-state index in [1.807, 2.05) is 48.8 Å². The summed E-state index contributed by atoms with van der Waals surface area (Å²) in [6, 6.07) is 4.58. The molecular weight excluding hydrogens is 404 g/mol. The first-order chi connectivity index (χ1) is 15.3. The molecule has 3 heterocycles. The van der Waals surface area contributed by atoms with E-state index in [0.717, 1.165) is 57.6 Å². The van der Waals surface area contributed by atoms with Crippen LogP contribution in [0.3, 0.4) is 0 Å². The molecule has 1 fully saturated rings. The topological polar surface area (TPSA) is 76.4 Å². The summed E-state index contributed by atoms with van der Waals surface area (Å²) in [7, 11) is 2.17. The number of ether oxygens (including phenoxy) is 1. The maximum atomic E-state index is 12.3. The van der Waals surface area contributed by atoms with E-state index in [1.54, 1.807) is 0 Å². The Hall–Kier alpha value is -2.48. The highest BCUT2D eigenvalue weighted by Gasteiger charge is 2.28. The Balaban J connectivity index is 1.33. The number of carbonyl (C=O) groups excluding carboxylic acids is 1. The summed E-state index contributed by atoms with van der Waals surface area (Å²) < 4.78 is 7.56. The molecule has 0 aromatic carbocycles. The van der Waals surface area contributed by atoms with Crippen LogP contribution in [-0.2, 0) is 24.2 Å². The van der Waals surface area contributed by atoms with Gasteiger partial charge in [0.25, 0.3) is 0 Å². The Labute approximate surface area is 190 Å². The molecule has 2 aromatic heterocycles. The van der Waals surface area contributed by atoms with Crippen LogP contribution in [0.15, 0.2) is 24.5 Å². The van der Waals surface area contributed by atoms with Crippen LogP contribution in [0.25, 0.3) is 0 Å². The second kappa shape index (κ2) is 9.57. The van der Waals surface area contributed by atoms with Crippen molar-refractivity contribution in [3.63, 3.8) is 0 Å². The van der Waals surface area contributed by atoms with Gasteiger partial charge in [0.15, 0.2) is 0 Å². The lowest BCUT2D eigenvalue weighted by atomic mass is 9.91. The molecule has 1 atom stereocenters. The minimum Gasteiger partial charge on any atom is -0.444 e. The molecule has 8 heteroatoms. The number of rotatable bonds is 5. The summed E-state index contributed by atoms with van der Waals surface area (Å²) in [6.45, 7) is 8.81. The molecule has 1 saturated heterocycles. The van der Waals surface area contributed by atoms with Crippen molar-refractivity contribution in [3.8, 4) is 0 Å². The SMILES string of the molecule is CN(Cc1cnnn1CC1CCN(C(=O)OC(C)(C)C)CC1)C1CCCc2cccnc21. The van der Waals surface area contributed by atoms with Gasteiger partial charge in [-0.1, -0.05) is 11.3 Å². The van der Waals surface area contributed by atoms with E-state index in [1.165, 1.54) is 17.7 Å². The zero-order valence-corrected chi connectivity index (χ0v) is 19.8. The van der Waals surface area contributed by atoms with Crippen molar-refractivity contribution < 1.29 is 9.53 Å². The average Bonchev–Trinajstić information content (AvgIpc) is 3.19. The predicted octanol–water partition coefficient (Wildman–Crippen LogP) is 3.83. The largest absolute Gasteiger partial charge is 0.444 e. The second-order valence-corrected chi connectivity index (χ2v) is 10.2. The highest BCUT2D eigenvalue weighted by Crippen LogP contribution is 2.32. The van der Waals surface area contributed by atoms with E-state index in [-0.39, 0.29) is 6.09 Å². The summed E-state index contributed by atoms with van der Waals surface area (Å²) in [4.78, 5) is 21.2. The van der Waals surface area contributed by atoms with E-state index < -0.39 is 5.60 Å². The average molecular weight is 441 g/mol. The zero-order chi connectivity index (χ0) is 22.7. The summed E-state index contributed by atoms with van der Waals surface area (Å²) in [6.07, 6.45) is 8.93. The first-order valence-corrected chi connectivity index (χ1v) is 11.8. The fourth-order valence-corrected chi connectivity index (χ4v) is 4.80. The van der Waals surface area contributed by atoms with E-state index in [2.05, 4.69) is 33.3 Å². The summed E-state index contributed by atoms with van der Waals surface area (Å²) in [5.74, 6) is 0.483. The van der Waals surface area contributed by atoms with Crippen molar-refractivity contribution in [2.24, 2.45) is 5.92 Å². The normalized spacial score (nSPS) is 19.8. The van der Waals surface area contributed by atoms with Crippen LogP contribution in [0.5, 0.6) is 0 Å². The van der Waals surface area contributed by atoms with Crippen LogP contribution in [0.4, 0.5) is 4.79 Å². The maximum absolute atomic E-state index is 12.3. The second-order valence-electron chi connectivity index (χ2n) is 10.2. The molecule has 1 aliphatic carbocycles. The summed E-state index contributed by atoms with van der Waals surface area (Å²) >= 11 is 0. The number of likely N-dealkylation sites (tertiary alicyclic amines) is 1. The molecule has 1 aliphatic heterocycles. The first kappa shape index (κ1) is 22.7. The van der Waals surface area contributed by atoms with Gasteiger partial charge in [0.05, 0.1) is 23.6 Å². The number of hydrogen-bond acceptors (Lipinski definition) is 6. The van der Waals surface area contributed by atoms with Crippen LogP contribution in [0.1, 0.15) is 69.4 Å². The van der Waals surface area contributed by atoms with Crippen LogP contribution >= 0.6 is 0 Å². The van der Waals surface area contributed by atoms with Gasteiger partial charge < -0.3 is 9.64 Å². The number of piperidine rings is 1. The van der Waals surface area contributed by atoms with Crippen molar-refractivity contribution in [1.82, 2.24) is 29.8 Å².